The predicted molar refractivity (Wildman–Crippen MR) is 78.8 cm³/mol. The molecule has 5 N–H and O–H groups in total. The Morgan fingerprint density at radius 2 is 1.74 bits per heavy atom. The number of amidine groups is 1. The van der Waals surface area contributed by atoms with Crippen LogP contribution in [0.4, 0.5) is 0 Å². The summed E-state index contributed by atoms with van der Waals surface area (Å²) in [5.41, 5.74) is 13.5. The number of carbonyl (C=O) groups excluding carboxylic acids is 1. The van der Waals surface area contributed by atoms with Crippen molar-refractivity contribution >= 4 is 17.3 Å². The molecule has 0 aromatic heterocycles. The first kappa shape index (κ1) is 14.4. The quantitative estimate of drug-likeness (QED) is 0.427. The van der Waals surface area contributed by atoms with Gasteiger partial charge in [0.2, 0.25) is 5.91 Å². The van der Waals surface area contributed by atoms with E-state index in [1.807, 2.05) is 13.0 Å². The van der Waals surface area contributed by atoms with Gasteiger partial charge in [-0.1, -0.05) is 36.9 Å². The second-order valence-electron chi connectivity index (χ2n) is 3.87. The number of hydrogen-bond acceptors (Lipinski definition) is 2. The second kappa shape index (κ2) is 6.35. The SMILES string of the molecule is C=C/C=C(/C(=N)N)C(=CC)c1ccc(C(N)=O)cc1. The van der Waals surface area contributed by atoms with Crippen LogP contribution >= 0.6 is 0 Å². The summed E-state index contributed by atoms with van der Waals surface area (Å²) in [4.78, 5) is 11.0. The average Bonchev–Trinajstić information content (AvgIpc) is 2.39. The van der Waals surface area contributed by atoms with E-state index in [0.717, 1.165) is 11.1 Å². The van der Waals surface area contributed by atoms with Crippen molar-refractivity contribution < 1.29 is 4.79 Å². The van der Waals surface area contributed by atoms with Crippen LogP contribution in [0.2, 0.25) is 0 Å². The zero-order chi connectivity index (χ0) is 14.4. The molecule has 0 bridgehead atoms. The number of primary amides is 1. The van der Waals surface area contributed by atoms with E-state index in [1.54, 1.807) is 36.4 Å². The normalized spacial score (nSPS) is 12.1. The third-order valence-electron chi connectivity index (χ3n) is 2.63. The maximum Gasteiger partial charge on any atom is 0.248 e. The van der Waals surface area contributed by atoms with E-state index < -0.39 is 5.91 Å². The Balaban J connectivity index is 3.24. The minimum absolute atomic E-state index is 0.0352. The topological polar surface area (TPSA) is 93.0 Å². The Bertz CT molecular complexity index is 566. The van der Waals surface area contributed by atoms with Gasteiger partial charge in [0.25, 0.3) is 0 Å². The lowest BCUT2D eigenvalue weighted by atomic mass is 9.95. The van der Waals surface area contributed by atoms with E-state index in [0.29, 0.717) is 11.1 Å². The standard InChI is InChI=1S/C15H17N3O/c1-3-5-13(14(16)17)12(4-2)10-6-8-11(9-7-10)15(18)19/h3-9H,1H2,2H3,(H3,16,17)(H2,18,19)/b12-4?,13-5+. The summed E-state index contributed by atoms with van der Waals surface area (Å²) in [6, 6.07) is 6.84. The number of benzene rings is 1. The average molecular weight is 255 g/mol. The summed E-state index contributed by atoms with van der Waals surface area (Å²) >= 11 is 0. The molecular formula is C15H17N3O. The van der Waals surface area contributed by atoms with Crippen LogP contribution in [-0.4, -0.2) is 11.7 Å². The monoisotopic (exact) mass is 255 g/mol. The highest BCUT2D eigenvalue weighted by molar-refractivity contribution is 6.10. The number of allylic oxidation sites excluding steroid dienone is 3. The zero-order valence-electron chi connectivity index (χ0n) is 10.8. The van der Waals surface area contributed by atoms with Crippen LogP contribution in [0, 0.1) is 5.41 Å². The van der Waals surface area contributed by atoms with Crippen molar-refractivity contribution in [1.82, 2.24) is 0 Å². The van der Waals surface area contributed by atoms with Crippen LogP contribution in [0.1, 0.15) is 22.8 Å². The van der Waals surface area contributed by atoms with Crippen molar-refractivity contribution in [1.29, 1.82) is 5.41 Å². The second-order valence-corrected chi connectivity index (χ2v) is 3.87. The molecule has 1 aromatic rings. The van der Waals surface area contributed by atoms with E-state index >= 15 is 0 Å². The summed E-state index contributed by atoms with van der Waals surface area (Å²) in [5.74, 6) is -0.506. The highest BCUT2D eigenvalue weighted by atomic mass is 16.1. The first-order valence-corrected chi connectivity index (χ1v) is 5.75. The molecule has 0 spiro atoms. The predicted octanol–water partition coefficient (Wildman–Crippen LogP) is 2.24. The van der Waals surface area contributed by atoms with Gasteiger partial charge in [-0.05, 0) is 30.2 Å². The lowest BCUT2D eigenvalue weighted by molar-refractivity contribution is 0.100. The molecule has 1 rings (SSSR count). The molecule has 0 aliphatic rings. The third-order valence-corrected chi connectivity index (χ3v) is 2.63. The molecule has 0 radical (unpaired) electrons. The van der Waals surface area contributed by atoms with Gasteiger partial charge in [-0.15, -0.1) is 0 Å². The summed E-state index contributed by atoms with van der Waals surface area (Å²) in [6.07, 6.45) is 5.12. The van der Waals surface area contributed by atoms with Gasteiger partial charge in [-0.3, -0.25) is 10.2 Å². The van der Waals surface area contributed by atoms with Crippen molar-refractivity contribution in [3.63, 3.8) is 0 Å². The Hall–Kier alpha value is -2.62. The maximum atomic E-state index is 11.0. The van der Waals surface area contributed by atoms with Crippen molar-refractivity contribution in [3.05, 3.63) is 65.8 Å². The van der Waals surface area contributed by atoms with Gasteiger partial charge in [0, 0.05) is 11.1 Å². The molecule has 4 heteroatoms. The Kier molecular flexibility index (Phi) is 4.83. The lowest BCUT2D eigenvalue weighted by Gasteiger charge is -2.11. The minimum Gasteiger partial charge on any atom is -0.384 e. The molecule has 0 heterocycles. The van der Waals surface area contributed by atoms with Crippen molar-refractivity contribution in [2.75, 3.05) is 0 Å². The van der Waals surface area contributed by atoms with E-state index in [2.05, 4.69) is 6.58 Å². The highest BCUT2D eigenvalue weighted by Gasteiger charge is 2.10. The molecule has 0 saturated heterocycles. The lowest BCUT2D eigenvalue weighted by Crippen LogP contribution is -2.14. The van der Waals surface area contributed by atoms with Gasteiger partial charge in [0.15, 0.2) is 0 Å². The molecule has 0 fully saturated rings. The first-order chi connectivity index (χ1) is 9.01. The van der Waals surface area contributed by atoms with Crippen LogP contribution < -0.4 is 11.5 Å². The Labute approximate surface area is 112 Å². The largest absolute Gasteiger partial charge is 0.384 e. The number of nitrogens with one attached hydrogen (secondary N) is 1. The van der Waals surface area contributed by atoms with Gasteiger partial charge in [0.1, 0.15) is 5.84 Å². The fraction of sp³-hybridized carbons (Fsp3) is 0.0667. The fourth-order valence-electron chi connectivity index (χ4n) is 1.73. The minimum atomic E-state index is -0.470. The summed E-state index contributed by atoms with van der Waals surface area (Å²) in [6.45, 7) is 5.47. The molecule has 1 amide bonds. The Morgan fingerprint density at radius 1 is 1.21 bits per heavy atom. The number of carbonyl (C=O) groups is 1. The highest BCUT2D eigenvalue weighted by Crippen LogP contribution is 2.23. The van der Waals surface area contributed by atoms with E-state index in [4.69, 9.17) is 16.9 Å². The molecule has 0 aliphatic carbocycles. The molecule has 0 unspecified atom stereocenters. The van der Waals surface area contributed by atoms with Crippen molar-refractivity contribution in [3.8, 4) is 0 Å². The molecule has 0 aliphatic heterocycles. The van der Waals surface area contributed by atoms with Gasteiger partial charge < -0.3 is 11.5 Å². The summed E-state index contributed by atoms with van der Waals surface area (Å²) in [7, 11) is 0. The van der Waals surface area contributed by atoms with Crippen molar-refractivity contribution in [2.24, 2.45) is 11.5 Å². The molecular weight excluding hydrogens is 238 g/mol. The van der Waals surface area contributed by atoms with Crippen LogP contribution in [0.15, 0.2) is 54.6 Å². The van der Waals surface area contributed by atoms with Crippen LogP contribution in [0.3, 0.4) is 0 Å². The molecule has 4 nitrogen and oxygen atoms in total. The molecule has 0 atom stereocenters. The first-order valence-electron chi connectivity index (χ1n) is 5.75. The number of hydrogen-bond donors (Lipinski definition) is 3. The van der Waals surface area contributed by atoms with Gasteiger partial charge in [-0.25, -0.2) is 0 Å². The van der Waals surface area contributed by atoms with E-state index in [-0.39, 0.29) is 5.84 Å². The maximum absolute atomic E-state index is 11.0. The number of nitrogens with two attached hydrogens (primary N) is 2. The fourth-order valence-corrected chi connectivity index (χ4v) is 1.73. The van der Waals surface area contributed by atoms with Crippen molar-refractivity contribution in [2.45, 2.75) is 6.92 Å². The third kappa shape index (κ3) is 3.42. The van der Waals surface area contributed by atoms with E-state index in [9.17, 15) is 4.79 Å². The zero-order valence-corrected chi connectivity index (χ0v) is 10.8. The molecule has 1 aromatic carbocycles. The van der Waals surface area contributed by atoms with Crippen LogP contribution in [-0.2, 0) is 0 Å². The summed E-state index contributed by atoms with van der Waals surface area (Å²) in [5, 5.41) is 7.60. The van der Waals surface area contributed by atoms with Crippen LogP contribution in [0.25, 0.3) is 5.57 Å². The molecule has 0 saturated carbocycles. The molecule has 98 valence electrons. The van der Waals surface area contributed by atoms with Crippen LogP contribution in [0.5, 0.6) is 0 Å². The molecule has 19 heavy (non-hydrogen) atoms. The summed E-state index contributed by atoms with van der Waals surface area (Å²) < 4.78 is 0. The van der Waals surface area contributed by atoms with Gasteiger partial charge in [0.05, 0.1) is 0 Å². The number of rotatable bonds is 5. The van der Waals surface area contributed by atoms with Gasteiger partial charge >= 0.3 is 0 Å². The van der Waals surface area contributed by atoms with E-state index in [1.165, 1.54) is 0 Å². The Morgan fingerprint density at radius 3 is 2.11 bits per heavy atom. The smallest absolute Gasteiger partial charge is 0.248 e. The number of amides is 1. The van der Waals surface area contributed by atoms with Gasteiger partial charge in [-0.2, -0.15) is 0 Å².